The Balaban J connectivity index is 1.37. The van der Waals surface area contributed by atoms with E-state index in [4.69, 9.17) is 4.74 Å². The van der Waals surface area contributed by atoms with Crippen molar-refractivity contribution in [3.8, 4) is 5.75 Å². The molecule has 1 aliphatic rings. The molecule has 142 valence electrons. The van der Waals surface area contributed by atoms with Gasteiger partial charge in [-0.25, -0.2) is 5.43 Å². The number of carbonyl (C=O) groups excluding carboxylic acids is 1. The molecule has 3 rings (SSSR count). The molecule has 0 bridgehead atoms. The molecule has 0 saturated carbocycles. The van der Waals surface area contributed by atoms with Crippen LogP contribution in [0.2, 0.25) is 0 Å². The molecular formula is C21H24N2O2S2. The zero-order chi connectivity index (χ0) is 19.1. The van der Waals surface area contributed by atoms with Gasteiger partial charge in [0.15, 0.2) is 0 Å². The van der Waals surface area contributed by atoms with Crippen molar-refractivity contribution in [2.45, 2.75) is 25.7 Å². The normalized spacial score (nSPS) is 14.1. The zero-order valence-corrected chi connectivity index (χ0v) is 17.2. The highest BCUT2D eigenvalue weighted by molar-refractivity contribution is 8.00. The van der Waals surface area contributed by atoms with Crippen LogP contribution < -0.4 is 10.2 Å². The molecule has 6 heteroatoms. The second-order valence-corrected chi connectivity index (χ2v) is 8.69. The number of carbonyl (C=O) groups is 1. The van der Waals surface area contributed by atoms with Gasteiger partial charge in [-0.1, -0.05) is 29.3 Å². The summed E-state index contributed by atoms with van der Waals surface area (Å²) in [5, 5.41) is 4.03. The van der Waals surface area contributed by atoms with Crippen molar-refractivity contribution in [2.24, 2.45) is 5.10 Å². The molecule has 0 atom stereocenters. The largest absolute Gasteiger partial charge is 0.489 e. The Bertz CT molecular complexity index is 782. The number of rotatable bonds is 8. The highest BCUT2D eigenvalue weighted by Gasteiger charge is 2.19. The molecule has 0 radical (unpaired) electrons. The molecule has 27 heavy (non-hydrogen) atoms. The summed E-state index contributed by atoms with van der Waals surface area (Å²) in [6.07, 6.45) is 1.99. The fourth-order valence-corrected chi connectivity index (χ4v) is 4.05. The van der Waals surface area contributed by atoms with E-state index in [1.165, 1.54) is 16.7 Å². The SMILES string of the molecule is Cc1cc(C)cc(CSCC(=O)N/N=C\c2ccc(OC3CSC3)cc2)c1. The third-order valence-corrected chi connectivity index (χ3v) is 6.20. The minimum Gasteiger partial charge on any atom is -0.489 e. The number of thioether (sulfide) groups is 2. The van der Waals surface area contributed by atoms with Crippen LogP contribution in [0.3, 0.4) is 0 Å². The van der Waals surface area contributed by atoms with E-state index in [1.807, 2.05) is 36.0 Å². The van der Waals surface area contributed by atoms with Gasteiger partial charge >= 0.3 is 0 Å². The Labute approximate surface area is 169 Å². The molecule has 2 aromatic rings. The van der Waals surface area contributed by atoms with E-state index in [0.29, 0.717) is 11.9 Å². The average Bonchev–Trinajstić information content (AvgIpc) is 2.58. The standard InChI is InChI=1S/C21H24N2O2S2/c1-15-7-16(2)9-18(8-15)11-26-14-21(24)23-22-10-17-3-5-19(6-4-17)25-20-12-27-13-20/h3-10,20H,11-14H2,1-2H3,(H,23,24)/b22-10-. The maximum atomic E-state index is 11.9. The molecule has 1 amide bonds. The maximum Gasteiger partial charge on any atom is 0.250 e. The maximum absolute atomic E-state index is 11.9. The van der Waals surface area contributed by atoms with Gasteiger partial charge in [-0.3, -0.25) is 4.79 Å². The van der Waals surface area contributed by atoms with Crippen LogP contribution in [0.1, 0.15) is 22.3 Å². The monoisotopic (exact) mass is 400 g/mol. The summed E-state index contributed by atoms with van der Waals surface area (Å²) < 4.78 is 5.81. The third kappa shape index (κ3) is 6.63. The number of hydrazone groups is 1. The predicted octanol–water partition coefficient (Wildman–Crippen LogP) is 4.18. The second-order valence-electron chi connectivity index (χ2n) is 6.63. The van der Waals surface area contributed by atoms with Gasteiger partial charge in [-0.05, 0) is 49.2 Å². The van der Waals surface area contributed by atoms with Crippen molar-refractivity contribution in [3.63, 3.8) is 0 Å². The van der Waals surface area contributed by atoms with Crippen molar-refractivity contribution >= 4 is 35.6 Å². The number of amides is 1. The number of nitrogens with one attached hydrogen (secondary N) is 1. The molecule has 0 unspecified atom stereocenters. The number of aryl methyl sites for hydroxylation is 2. The smallest absolute Gasteiger partial charge is 0.250 e. The van der Waals surface area contributed by atoms with Crippen molar-refractivity contribution in [3.05, 3.63) is 64.7 Å². The van der Waals surface area contributed by atoms with Gasteiger partial charge in [0.2, 0.25) is 5.91 Å². The van der Waals surface area contributed by atoms with Crippen LogP contribution in [0.5, 0.6) is 5.75 Å². The van der Waals surface area contributed by atoms with Crippen LogP contribution in [0.4, 0.5) is 0 Å². The topological polar surface area (TPSA) is 50.7 Å². The molecule has 0 aromatic heterocycles. The van der Waals surface area contributed by atoms with Gasteiger partial charge in [0, 0.05) is 17.3 Å². The summed E-state index contributed by atoms with van der Waals surface area (Å²) in [7, 11) is 0. The quantitative estimate of drug-likeness (QED) is 0.533. The van der Waals surface area contributed by atoms with Gasteiger partial charge < -0.3 is 4.74 Å². The zero-order valence-electron chi connectivity index (χ0n) is 15.6. The molecule has 4 nitrogen and oxygen atoms in total. The number of ether oxygens (including phenoxy) is 1. The van der Waals surface area contributed by atoms with E-state index in [0.717, 1.165) is 28.6 Å². The molecule has 0 spiro atoms. The molecule has 1 aliphatic heterocycles. The van der Waals surface area contributed by atoms with Crippen molar-refractivity contribution < 1.29 is 9.53 Å². The van der Waals surface area contributed by atoms with Crippen LogP contribution in [-0.4, -0.2) is 35.5 Å². The molecule has 1 N–H and O–H groups in total. The predicted molar refractivity (Wildman–Crippen MR) is 116 cm³/mol. The van der Waals surface area contributed by atoms with Crippen LogP contribution >= 0.6 is 23.5 Å². The number of hydrogen-bond acceptors (Lipinski definition) is 5. The first kappa shape index (κ1) is 19.8. The van der Waals surface area contributed by atoms with E-state index in [9.17, 15) is 4.79 Å². The third-order valence-electron chi connectivity index (χ3n) is 3.98. The van der Waals surface area contributed by atoms with Gasteiger partial charge in [-0.15, -0.1) is 11.8 Å². The van der Waals surface area contributed by atoms with E-state index in [-0.39, 0.29) is 5.91 Å². The van der Waals surface area contributed by atoms with E-state index in [1.54, 1.807) is 18.0 Å². The Kier molecular flexibility index (Phi) is 7.24. The van der Waals surface area contributed by atoms with Crippen LogP contribution in [0.15, 0.2) is 47.6 Å². The molecular weight excluding hydrogens is 376 g/mol. The number of nitrogens with zero attached hydrogens (tertiary/aromatic N) is 1. The molecule has 1 fully saturated rings. The Morgan fingerprint density at radius 3 is 2.56 bits per heavy atom. The van der Waals surface area contributed by atoms with E-state index < -0.39 is 0 Å². The van der Waals surface area contributed by atoms with Crippen molar-refractivity contribution in [2.75, 3.05) is 17.3 Å². The fraction of sp³-hybridized carbons (Fsp3) is 0.333. The molecule has 1 heterocycles. The van der Waals surface area contributed by atoms with Gasteiger partial charge in [0.25, 0.3) is 0 Å². The summed E-state index contributed by atoms with van der Waals surface area (Å²) in [6.45, 7) is 4.18. The summed E-state index contributed by atoms with van der Waals surface area (Å²) in [4.78, 5) is 11.9. The van der Waals surface area contributed by atoms with E-state index in [2.05, 4.69) is 42.6 Å². The fourth-order valence-electron chi connectivity index (χ4n) is 2.73. The van der Waals surface area contributed by atoms with Crippen LogP contribution in [0, 0.1) is 13.8 Å². The lowest BCUT2D eigenvalue weighted by atomic mass is 10.1. The average molecular weight is 401 g/mol. The summed E-state index contributed by atoms with van der Waals surface area (Å²) in [6, 6.07) is 14.2. The summed E-state index contributed by atoms with van der Waals surface area (Å²) >= 11 is 3.49. The van der Waals surface area contributed by atoms with Gasteiger partial charge in [-0.2, -0.15) is 16.9 Å². The molecule has 0 aliphatic carbocycles. The van der Waals surface area contributed by atoms with Crippen molar-refractivity contribution in [1.82, 2.24) is 5.43 Å². The van der Waals surface area contributed by atoms with E-state index >= 15 is 0 Å². The Morgan fingerprint density at radius 1 is 1.22 bits per heavy atom. The lowest BCUT2D eigenvalue weighted by Gasteiger charge is -2.25. The minimum atomic E-state index is -0.0944. The Morgan fingerprint density at radius 2 is 1.93 bits per heavy atom. The molecule has 1 saturated heterocycles. The van der Waals surface area contributed by atoms with Crippen LogP contribution in [-0.2, 0) is 10.5 Å². The van der Waals surface area contributed by atoms with Gasteiger partial charge in [0.1, 0.15) is 11.9 Å². The lowest BCUT2D eigenvalue weighted by molar-refractivity contribution is -0.118. The lowest BCUT2D eigenvalue weighted by Crippen LogP contribution is -2.30. The Hall–Kier alpha value is -1.92. The summed E-state index contributed by atoms with van der Waals surface area (Å²) in [5.41, 5.74) is 7.26. The first-order chi connectivity index (χ1) is 13.1. The highest BCUT2D eigenvalue weighted by atomic mass is 32.2. The number of benzene rings is 2. The highest BCUT2D eigenvalue weighted by Crippen LogP contribution is 2.23. The van der Waals surface area contributed by atoms with Crippen molar-refractivity contribution in [1.29, 1.82) is 0 Å². The second kappa shape index (κ2) is 9.85. The molecule has 2 aromatic carbocycles. The van der Waals surface area contributed by atoms with Crippen LogP contribution in [0.25, 0.3) is 0 Å². The number of hydrogen-bond donors (Lipinski definition) is 1. The minimum absolute atomic E-state index is 0.0944. The summed E-state index contributed by atoms with van der Waals surface area (Å²) in [5.74, 6) is 4.12. The first-order valence-corrected chi connectivity index (χ1v) is 11.2. The van der Waals surface area contributed by atoms with Gasteiger partial charge in [0.05, 0.1) is 12.0 Å². The first-order valence-electron chi connectivity index (χ1n) is 8.90.